The summed E-state index contributed by atoms with van der Waals surface area (Å²) in [6.45, 7) is 1.98. The molecule has 0 aromatic carbocycles. The number of nitrogens with zero attached hydrogens (tertiary/aromatic N) is 5. The Morgan fingerprint density at radius 1 is 1.33 bits per heavy atom. The van der Waals surface area contributed by atoms with Gasteiger partial charge in [0.1, 0.15) is 6.33 Å². The zero-order chi connectivity index (χ0) is 19.5. The van der Waals surface area contributed by atoms with Gasteiger partial charge in [0.2, 0.25) is 18.3 Å². The van der Waals surface area contributed by atoms with Gasteiger partial charge in [-0.3, -0.25) is 25.6 Å². The Kier molecular flexibility index (Phi) is 8.04. The fourth-order valence-corrected chi connectivity index (χ4v) is 2.45. The van der Waals surface area contributed by atoms with Crippen LogP contribution in [0.25, 0.3) is 11.3 Å². The predicted molar refractivity (Wildman–Crippen MR) is 97.0 cm³/mol. The number of anilines is 1. The number of amides is 2. The van der Waals surface area contributed by atoms with Crippen LogP contribution in [0.15, 0.2) is 31.0 Å². The highest BCUT2D eigenvalue weighted by Gasteiger charge is 2.20. The maximum atomic E-state index is 12.4. The third-order valence-corrected chi connectivity index (χ3v) is 3.87. The number of unbranched alkanes of at least 4 members (excludes halogenated alkanes) is 2. The van der Waals surface area contributed by atoms with Crippen LogP contribution >= 0.6 is 0 Å². The third kappa shape index (κ3) is 6.59. The van der Waals surface area contributed by atoms with Gasteiger partial charge in [0.15, 0.2) is 0 Å². The fraction of sp³-hybridized carbons (Fsp3) is 0.412. The number of rotatable bonds is 11. The molecule has 0 aliphatic rings. The highest BCUT2D eigenvalue weighted by molar-refractivity contribution is 5.80. The number of hydrogen-bond donors (Lipinski definition) is 3. The first-order valence-corrected chi connectivity index (χ1v) is 8.69. The minimum Gasteiger partial charge on any atom is -0.286 e. The number of hydroxylamine groups is 2. The summed E-state index contributed by atoms with van der Waals surface area (Å²) in [5.41, 5.74) is 6.52. The van der Waals surface area contributed by atoms with Crippen LogP contribution in [0.2, 0.25) is 0 Å². The number of nitrogens with one attached hydrogen (secondary N) is 2. The first-order valence-electron chi connectivity index (χ1n) is 8.69. The Morgan fingerprint density at radius 2 is 2.11 bits per heavy atom. The van der Waals surface area contributed by atoms with E-state index in [4.69, 9.17) is 0 Å². The standard InChI is InChI=1S/C17H23N7O3/c1-2-3-4-5-13(10-24(27)12-25)16(26)22-23-17-20-7-6-15(21-17)14-8-18-11-19-9-14/h6-9,11-13,27H,2-5,10H2,1H3,(H,22,26)(H,20,21,23)/t13-/m1/s1. The molecule has 0 fully saturated rings. The lowest BCUT2D eigenvalue weighted by atomic mass is 10.0. The van der Waals surface area contributed by atoms with Gasteiger partial charge in [-0.05, 0) is 12.5 Å². The highest BCUT2D eigenvalue weighted by Crippen LogP contribution is 2.15. The first kappa shape index (κ1) is 20.2. The van der Waals surface area contributed by atoms with E-state index in [1.807, 2.05) is 0 Å². The van der Waals surface area contributed by atoms with Gasteiger partial charge >= 0.3 is 0 Å². The van der Waals surface area contributed by atoms with Crippen molar-refractivity contribution >= 4 is 18.3 Å². The summed E-state index contributed by atoms with van der Waals surface area (Å²) in [5, 5.41) is 9.88. The molecule has 0 unspecified atom stereocenters. The maximum absolute atomic E-state index is 12.4. The van der Waals surface area contributed by atoms with Gasteiger partial charge < -0.3 is 0 Å². The van der Waals surface area contributed by atoms with Crippen LogP contribution < -0.4 is 10.9 Å². The van der Waals surface area contributed by atoms with Crippen molar-refractivity contribution in [2.45, 2.75) is 32.6 Å². The van der Waals surface area contributed by atoms with Crippen LogP contribution in [0.3, 0.4) is 0 Å². The van der Waals surface area contributed by atoms with Gasteiger partial charge in [-0.15, -0.1) is 0 Å². The monoisotopic (exact) mass is 373 g/mol. The number of hydrogen-bond acceptors (Lipinski definition) is 8. The Bertz CT molecular complexity index is 729. The van der Waals surface area contributed by atoms with E-state index in [0.29, 0.717) is 22.7 Å². The zero-order valence-corrected chi connectivity index (χ0v) is 15.1. The molecule has 27 heavy (non-hydrogen) atoms. The number of carbonyl (C=O) groups is 2. The molecule has 0 saturated heterocycles. The molecule has 10 heteroatoms. The Morgan fingerprint density at radius 3 is 2.81 bits per heavy atom. The Balaban J connectivity index is 1.98. The molecule has 144 valence electrons. The second-order valence-corrected chi connectivity index (χ2v) is 5.93. The van der Waals surface area contributed by atoms with Crippen LogP contribution in [0.5, 0.6) is 0 Å². The molecule has 0 bridgehead atoms. The van der Waals surface area contributed by atoms with Crippen molar-refractivity contribution in [1.29, 1.82) is 0 Å². The van der Waals surface area contributed by atoms with Gasteiger partial charge in [0.25, 0.3) is 0 Å². The van der Waals surface area contributed by atoms with E-state index in [1.54, 1.807) is 24.7 Å². The number of carbonyl (C=O) groups excluding carboxylic acids is 2. The number of hydrazine groups is 1. The van der Waals surface area contributed by atoms with Crippen LogP contribution in [0, 0.1) is 5.92 Å². The molecule has 3 N–H and O–H groups in total. The summed E-state index contributed by atoms with van der Waals surface area (Å²) in [6.07, 6.45) is 9.84. The average molecular weight is 373 g/mol. The maximum Gasteiger partial charge on any atom is 0.243 e. The lowest BCUT2D eigenvalue weighted by molar-refractivity contribution is -0.154. The van der Waals surface area contributed by atoms with E-state index in [1.165, 1.54) is 6.33 Å². The van der Waals surface area contributed by atoms with E-state index >= 15 is 0 Å². The topological polar surface area (TPSA) is 133 Å². The molecular formula is C17H23N7O3. The van der Waals surface area contributed by atoms with E-state index in [9.17, 15) is 14.8 Å². The SMILES string of the molecule is CCCCC[C@H](CN(O)C=O)C(=O)NNc1nccc(-c2cncnc2)n1. The predicted octanol–water partition coefficient (Wildman–Crippen LogP) is 1.42. The van der Waals surface area contributed by atoms with Crippen molar-refractivity contribution in [3.8, 4) is 11.3 Å². The molecule has 0 saturated carbocycles. The first-order chi connectivity index (χ1) is 13.1. The van der Waals surface area contributed by atoms with E-state index in [2.05, 4.69) is 37.7 Å². The van der Waals surface area contributed by atoms with Crippen LogP contribution in [0.1, 0.15) is 32.6 Å². The second-order valence-electron chi connectivity index (χ2n) is 5.93. The molecule has 2 aromatic rings. The van der Waals surface area contributed by atoms with E-state index in [-0.39, 0.29) is 24.8 Å². The molecule has 2 aromatic heterocycles. The molecule has 0 aliphatic carbocycles. The smallest absolute Gasteiger partial charge is 0.243 e. The summed E-state index contributed by atoms with van der Waals surface area (Å²) >= 11 is 0. The molecule has 10 nitrogen and oxygen atoms in total. The number of aromatic nitrogens is 4. The molecule has 2 heterocycles. The van der Waals surface area contributed by atoms with Gasteiger partial charge in [-0.2, -0.15) is 0 Å². The summed E-state index contributed by atoms with van der Waals surface area (Å²) < 4.78 is 0. The van der Waals surface area contributed by atoms with Crippen LogP contribution in [0.4, 0.5) is 5.95 Å². The fourth-order valence-electron chi connectivity index (χ4n) is 2.45. The van der Waals surface area contributed by atoms with E-state index in [0.717, 1.165) is 19.3 Å². The van der Waals surface area contributed by atoms with Gasteiger partial charge in [-0.25, -0.2) is 25.0 Å². The molecule has 0 aliphatic heterocycles. The highest BCUT2D eigenvalue weighted by atomic mass is 16.5. The molecule has 2 rings (SSSR count). The van der Waals surface area contributed by atoms with Crippen molar-refractivity contribution in [2.24, 2.45) is 5.92 Å². The Labute approximate surface area is 157 Å². The molecule has 0 radical (unpaired) electrons. The minimum absolute atomic E-state index is 0.0804. The normalized spacial score (nSPS) is 11.5. The van der Waals surface area contributed by atoms with Gasteiger partial charge in [0.05, 0.1) is 18.2 Å². The van der Waals surface area contributed by atoms with Crippen molar-refractivity contribution < 1.29 is 14.8 Å². The van der Waals surface area contributed by atoms with Gasteiger partial charge in [-0.1, -0.05) is 26.2 Å². The van der Waals surface area contributed by atoms with Crippen molar-refractivity contribution in [1.82, 2.24) is 30.4 Å². The van der Waals surface area contributed by atoms with Crippen molar-refractivity contribution in [3.05, 3.63) is 31.0 Å². The van der Waals surface area contributed by atoms with Gasteiger partial charge in [0, 0.05) is 24.2 Å². The van der Waals surface area contributed by atoms with Crippen molar-refractivity contribution in [2.75, 3.05) is 12.0 Å². The zero-order valence-electron chi connectivity index (χ0n) is 15.1. The lowest BCUT2D eigenvalue weighted by Crippen LogP contribution is -2.40. The van der Waals surface area contributed by atoms with Crippen LogP contribution in [-0.4, -0.2) is 49.1 Å². The molecular weight excluding hydrogens is 350 g/mol. The lowest BCUT2D eigenvalue weighted by Gasteiger charge is -2.19. The quantitative estimate of drug-likeness (QED) is 0.233. The third-order valence-electron chi connectivity index (χ3n) is 3.87. The van der Waals surface area contributed by atoms with Crippen LogP contribution in [-0.2, 0) is 9.59 Å². The largest absolute Gasteiger partial charge is 0.286 e. The minimum atomic E-state index is -0.551. The summed E-state index contributed by atoms with van der Waals surface area (Å²) in [6, 6.07) is 1.70. The summed E-state index contributed by atoms with van der Waals surface area (Å²) in [5.74, 6) is -0.706. The van der Waals surface area contributed by atoms with E-state index < -0.39 is 5.92 Å². The van der Waals surface area contributed by atoms with Crippen molar-refractivity contribution in [3.63, 3.8) is 0 Å². The molecule has 2 amide bonds. The average Bonchev–Trinajstić information content (AvgIpc) is 2.72. The molecule has 1 atom stereocenters. The summed E-state index contributed by atoms with van der Waals surface area (Å²) in [4.78, 5) is 39.3. The summed E-state index contributed by atoms with van der Waals surface area (Å²) in [7, 11) is 0. The molecule has 0 spiro atoms. The second kappa shape index (κ2) is 10.8. The Hall–Kier alpha value is -3.14.